The molecule has 0 aliphatic heterocycles. The van der Waals surface area contributed by atoms with Crippen LogP contribution in [-0.4, -0.2) is 12.0 Å². The van der Waals surface area contributed by atoms with E-state index in [9.17, 15) is 18.0 Å². The predicted octanol–water partition coefficient (Wildman–Crippen LogP) is 2.35. The molecule has 1 aromatic carbocycles. The van der Waals surface area contributed by atoms with E-state index in [1.165, 1.54) is 12.1 Å². The summed E-state index contributed by atoms with van der Waals surface area (Å²) >= 11 is 0. The van der Waals surface area contributed by atoms with Crippen LogP contribution in [0.5, 0.6) is 5.75 Å². The van der Waals surface area contributed by atoms with Crippen LogP contribution >= 0.6 is 0 Å². The minimum absolute atomic E-state index is 0.210. The SMILES string of the molecule is CCC(Oc1ccccc1C(F)(F)F)C(N)=O. The van der Waals surface area contributed by atoms with Gasteiger partial charge in [-0.1, -0.05) is 19.1 Å². The van der Waals surface area contributed by atoms with Gasteiger partial charge in [0.15, 0.2) is 6.10 Å². The van der Waals surface area contributed by atoms with Gasteiger partial charge in [0.2, 0.25) is 0 Å². The molecule has 0 aliphatic rings. The molecule has 6 heteroatoms. The molecule has 1 rings (SSSR count). The number of amides is 1. The fraction of sp³-hybridized carbons (Fsp3) is 0.364. The summed E-state index contributed by atoms with van der Waals surface area (Å²) < 4.78 is 42.8. The molecule has 1 atom stereocenters. The highest BCUT2D eigenvalue weighted by molar-refractivity contribution is 5.79. The maximum atomic E-state index is 12.6. The highest BCUT2D eigenvalue weighted by Crippen LogP contribution is 2.36. The van der Waals surface area contributed by atoms with Crippen LogP contribution in [0, 0.1) is 0 Å². The van der Waals surface area contributed by atoms with Gasteiger partial charge in [-0.3, -0.25) is 4.79 Å². The van der Waals surface area contributed by atoms with Gasteiger partial charge in [-0.15, -0.1) is 0 Å². The lowest BCUT2D eigenvalue weighted by molar-refractivity contribution is -0.140. The van der Waals surface area contributed by atoms with Gasteiger partial charge in [-0.2, -0.15) is 13.2 Å². The van der Waals surface area contributed by atoms with E-state index >= 15 is 0 Å². The van der Waals surface area contributed by atoms with Crippen molar-refractivity contribution in [2.45, 2.75) is 25.6 Å². The topological polar surface area (TPSA) is 52.3 Å². The van der Waals surface area contributed by atoms with Gasteiger partial charge in [0.1, 0.15) is 5.75 Å². The Morgan fingerprint density at radius 3 is 2.47 bits per heavy atom. The second kappa shape index (κ2) is 5.07. The zero-order valence-electron chi connectivity index (χ0n) is 9.12. The zero-order chi connectivity index (χ0) is 13.1. The summed E-state index contributed by atoms with van der Waals surface area (Å²) in [6.07, 6.45) is -5.37. The number of carbonyl (C=O) groups is 1. The summed E-state index contributed by atoms with van der Waals surface area (Å²) in [4.78, 5) is 10.9. The lowest BCUT2D eigenvalue weighted by atomic mass is 10.2. The van der Waals surface area contributed by atoms with Crippen LogP contribution in [-0.2, 0) is 11.0 Å². The van der Waals surface area contributed by atoms with Crippen LogP contribution in [0.25, 0.3) is 0 Å². The molecule has 0 radical (unpaired) electrons. The second-order valence-corrected chi connectivity index (χ2v) is 3.41. The van der Waals surface area contributed by atoms with E-state index in [4.69, 9.17) is 10.5 Å². The van der Waals surface area contributed by atoms with Gasteiger partial charge in [0.05, 0.1) is 5.56 Å². The Morgan fingerprint density at radius 2 is 2.00 bits per heavy atom. The Morgan fingerprint density at radius 1 is 1.41 bits per heavy atom. The first-order valence-electron chi connectivity index (χ1n) is 4.98. The summed E-state index contributed by atoms with van der Waals surface area (Å²) in [6.45, 7) is 1.60. The van der Waals surface area contributed by atoms with Gasteiger partial charge in [-0.05, 0) is 18.6 Å². The van der Waals surface area contributed by atoms with Crippen LogP contribution < -0.4 is 10.5 Å². The number of rotatable bonds is 4. The Balaban J connectivity index is 3.02. The molecule has 0 heterocycles. The average Bonchev–Trinajstić information content (AvgIpc) is 2.24. The number of alkyl halides is 3. The number of para-hydroxylation sites is 1. The minimum Gasteiger partial charge on any atom is -0.480 e. The number of hydrogen-bond acceptors (Lipinski definition) is 2. The average molecular weight is 247 g/mol. The van der Waals surface area contributed by atoms with Gasteiger partial charge in [0, 0.05) is 0 Å². The second-order valence-electron chi connectivity index (χ2n) is 3.41. The van der Waals surface area contributed by atoms with E-state index in [1.807, 2.05) is 0 Å². The first kappa shape index (κ1) is 13.3. The van der Waals surface area contributed by atoms with E-state index in [1.54, 1.807) is 6.92 Å². The molecule has 1 amide bonds. The Hall–Kier alpha value is -1.72. The van der Waals surface area contributed by atoms with E-state index in [-0.39, 0.29) is 12.2 Å². The number of carbonyl (C=O) groups excluding carboxylic acids is 1. The van der Waals surface area contributed by atoms with E-state index in [2.05, 4.69) is 0 Å². The zero-order valence-corrected chi connectivity index (χ0v) is 9.12. The Bertz CT molecular complexity index is 404. The van der Waals surface area contributed by atoms with Gasteiger partial charge in [0.25, 0.3) is 5.91 Å². The molecule has 0 aromatic heterocycles. The summed E-state index contributed by atoms with van der Waals surface area (Å²) in [6, 6.07) is 4.71. The molecule has 17 heavy (non-hydrogen) atoms. The van der Waals surface area contributed by atoms with Crippen LogP contribution in [0.2, 0.25) is 0 Å². The number of halogens is 3. The number of benzene rings is 1. The van der Waals surface area contributed by atoms with Crippen LogP contribution in [0.1, 0.15) is 18.9 Å². The standard InChI is InChI=1S/C11H12F3NO2/c1-2-8(10(15)16)17-9-6-4-3-5-7(9)11(12,13)14/h3-6,8H,2H2,1H3,(H2,15,16). The van der Waals surface area contributed by atoms with Crippen molar-refractivity contribution in [2.24, 2.45) is 5.73 Å². The molecule has 0 spiro atoms. The molecular weight excluding hydrogens is 235 g/mol. The third-order valence-electron chi connectivity index (χ3n) is 2.15. The third-order valence-corrected chi connectivity index (χ3v) is 2.15. The van der Waals surface area contributed by atoms with Crippen molar-refractivity contribution in [3.63, 3.8) is 0 Å². The first-order chi connectivity index (χ1) is 7.86. The number of ether oxygens (including phenoxy) is 1. The lowest BCUT2D eigenvalue weighted by Crippen LogP contribution is -2.33. The fourth-order valence-electron chi connectivity index (χ4n) is 1.30. The van der Waals surface area contributed by atoms with Crippen LogP contribution in [0.15, 0.2) is 24.3 Å². The molecule has 1 unspecified atom stereocenters. The number of hydrogen-bond donors (Lipinski definition) is 1. The Kier molecular flexibility index (Phi) is 3.98. The van der Waals surface area contributed by atoms with E-state index < -0.39 is 23.8 Å². The van der Waals surface area contributed by atoms with Crippen LogP contribution in [0.4, 0.5) is 13.2 Å². The highest BCUT2D eigenvalue weighted by Gasteiger charge is 2.34. The predicted molar refractivity (Wildman–Crippen MR) is 55.3 cm³/mol. The summed E-state index contributed by atoms with van der Waals surface area (Å²) in [5.41, 5.74) is 4.09. The maximum absolute atomic E-state index is 12.6. The molecule has 3 nitrogen and oxygen atoms in total. The summed E-state index contributed by atoms with van der Waals surface area (Å²) in [5, 5.41) is 0. The smallest absolute Gasteiger partial charge is 0.419 e. The van der Waals surface area contributed by atoms with Crippen LogP contribution in [0.3, 0.4) is 0 Å². The largest absolute Gasteiger partial charge is 0.480 e. The molecule has 2 N–H and O–H groups in total. The molecular formula is C11H12F3NO2. The van der Waals surface area contributed by atoms with Crippen molar-refractivity contribution in [3.8, 4) is 5.75 Å². The molecule has 0 saturated heterocycles. The number of nitrogens with two attached hydrogens (primary N) is 1. The third kappa shape index (κ3) is 3.37. The van der Waals surface area contributed by atoms with Gasteiger partial charge in [-0.25, -0.2) is 0 Å². The summed E-state index contributed by atoms with van der Waals surface area (Å²) in [7, 11) is 0. The van der Waals surface area contributed by atoms with Crippen molar-refractivity contribution < 1.29 is 22.7 Å². The molecule has 0 bridgehead atoms. The summed E-state index contributed by atoms with van der Waals surface area (Å²) in [5.74, 6) is -1.17. The monoisotopic (exact) mass is 247 g/mol. The van der Waals surface area contributed by atoms with Crippen molar-refractivity contribution in [1.29, 1.82) is 0 Å². The molecule has 0 saturated carbocycles. The quantitative estimate of drug-likeness (QED) is 0.887. The number of primary amides is 1. The van der Waals surface area contributed by atoms with Crippen molar-refractivity contribution >= 4 is 5.91 Å². The van der Waals surface area contributed by atoms with Crippen molar-refractivity contribution in [3.05, 3.63) is 29.8 Å². The first-order valence-corrected chi connectivity index (χ1v) is 4.98. The van der Waals surface area contributed by atoms with E-state index in [0.717, 1.165) is 12.1 Å². The highest BCUT2D eigenvalue weighted by atomic mass is 19.4. The Labute approximate surface area is 96.4 Å². The van der Waals surface area contributed by atoms with Crippen molar-refractivity contribution in [1.82, 2.24) is 0 Å². The van der Waals surface area contributed by atoms with E-state index in [0.29, 0.717) is 0 Å². The lowest BCUT2D eigenvalue weighted by Gasteiger charge is -2.18. The fourth-order valence-corrected chi connectivity index (χ4v) is 1.30. The molecule has 0 aliphatic carbocycles. The minimum atomic E-state index is -4.52. The van der Waals surface area contributed by atoms with Crippen molar-refractivity contribution in [2.75, 3.05) is 0 Å². The maximum Gasteiger partial charge on any atom is 0.419 e. The molecule has 1 aromatic rings. The van der Waals surface area contributed by atoms with Gasteiger partial charge < -0.3 is 10.5 Å². The molecule has 0 fully saturated rings. The normalized spacial score (nSPS) is 13.2. The molecule has 94 valence electrons. The van der Waals surface area contributed by atoms with Gasteiger partial charge >= 0.3 is 6.18 Å².